The summed E-state index contributed by atoms with van der Waals surface area (Å²) in [6.07, 6.45) is 1.44. The maximum Gasteiger partial charge on any atom is 0.336 e. The van der Waals surface area contributed by atoms with Crippen LogP contribution >= 0.6 is 15.9 Å². The van der Waals surface area contributed by atoms with Gasteiger partial charge >= 0.3 is 12.1 Å². The third-order valence-corrected chi connectivity index (χ3v) is 3.06. The van der Waals surface area contributed by atoms with Gasteiger partial charge in [-0.3, -0.25) is 0 Å². The van der Waals surface area contributed by atoms with E-state index in [-0.39, 0.29) is 22.9 Å². The lowest BCUT2D eigenvalue weighted by Crippen LogP contribution is -2.45. The molecule has 0 aliphatic heterocycles. The molecule has 0 atom stereocenters. The van der Waals surface area contributed by atoms with Gasteiger partial charge in [-0.25, -0.2) is 36.3 Å². The van der Waals surface area contributed by atoms with Gasteiger partial charge in [0.05, 0.1) is 11.9 Å². The minimum absolute atomic E-state index is 0.0538. The molecule has 4 amide bonds. The number of hydrogen-bond donors (Lipinski definition) is 4. The molecule has 0 aromatic carbocycles. The highest BCUT2D eigenvalue weighted by Crippen LogP contribution is 2.22. The fraction of sp³-hybridized carbons (Fsp3) is 0.111. The van der Waals surface area contributed by atoms with Gasteiger partial charge in [-0.05, 0) is 0 Å². The second kappa shape index (κ2) is 6.00. The number of hydrazine groups is 2. The zero-order valence-electron chi connectivity index (χ0n) is 11.0. The van der Waals surface area contributed by atoms with Crippen LogP contribution in [-0.4, -0.2) is 32.0 Å². The molecule has 0 spiro atoms. The molecule has 13 heteroatoms. The number of halogens is 1. The maximum atomic E-state index is 11.3. The number of fused-ring (bicyclic) bond motifs is 1. The van der Waals surface area contributed by atoms with Crippen molar-refractivity contribution in [3.05, 3.63) is 11.9 Å². The van der Waals surface area contributed by atoms with Crippen LogP contribution in [0.2, 0.25) is 0 Å². The monoisotopic (exact) mass is 370 g/mol. The average Bonchev–Trinajstić information content (AvgIpc) is 2.51. The van der Waals surface area contributed by atoms with E-state index in [1.54, 1.807) is 0 Å². The van der Waals surface area contributed by atoms with E-state index in [1.807, 2.05) is 0 Å². The smallest absolute Gasteiger partial charge is 0.336 e. The molecule has 12 nitrogen and oxygen atoms in total. The Hall–Kier alpha value is -2.64. The Kier molecular flexibility index (Phi) is 4.30. The molecule has 0 bridgehead atoms. The number of nitrogens with two attached hydrogens (primary N) is 4. The first-order valence-electron chi connectivity index (χ1n) is 5.63. The van der Waals surface area contributed by atoms with Gasteiger partial charge in [-0.15, -0.1) is 0 Å². The molecule has 0 saturated heterocycles. The van der Waals surface area contributed by atoms with E-state index in [2.05, 4.69) is 35.9 Å². The number of aromatic nitrogens is 4. The molecule has 0 aliphatic carbocycles. The SMILES string of the molecule is NC(=O)N(N)c1nc(N(N)C(N)=O)c2nc(CBr)cnc2n1. The molecule has 2 aromatic heterocycles. The number of carbonyl (C=O) groups is 2. The van der Waals surface area contributed by atoms with Gasteiger partial charge in [0.1, 0.15) is 0 Å². The van der Waals surface area contributed by atoms with E-state index in [1.165, 1.54) is 6.20 Å². The first-order valence-corrected chi connectivity index (χ1v) is 6.75. The maximum absolute atomic E-state index is 11.3. The Morgan fingerprint density at radius 3 is 2.27 bits per heavy atom. The minimum atomic E-state index is -1.02. The number of rotatable bonds is 3. The molecule has 2 rings (SSSR count). The summed E-state index contributed by atoms with van der Waals surface area (Å²) in [6.45, 7) is 0. The van der Waals surface area contributed by atoms with Crippen LogP contribution in [0.5, 0.6) is 0 Å². The molecule has 0 unspecified atom stereocenters. The zero-order chi connectivity index (χ0) is 16.4. The van der Waals surface area contributed by atoms with Crippen molar-refractivity contribution in [2.75, 3.05) is 10.0 Å². The van der Waals surface area contributed by atoms with Crippen LogP contribution in [0, 0.1) is 0 Å². The van der Waals surface area contributed by atoms with E-state index < -0.39 is 12.1 Å². The van der Waals surface area contributed by atoms with Gasteiger partial charge in [0.15, 0.2) is 17.0 Å². The molecule has 8 N–H and O–H groups in total. The molecular weight excluding hydrogens is 360 g/mol. The lowest BCUT2D eigenvalue weighted by molar-refractivity contribution is 0.253. The summed E-state index contributed by atoms with van der Waals surface area (Å²) in [4.78, 5) is 38.5. The van der Waals surface area contributed by atoms with Gasteiger partial charge in [0, 0.05) is 5.33 Å². The van der Waals surface area contributed by atoms with Gasteiger partial charge in [-0.1, -0.05) is 15.9 Å². The number of primary amides is 2. The van der Waals surface area contributed by atoms with Crippen LogP contribution < -0.4 is 33.2 Å². The van der Waals surface area contributed by atoms with Crippen LogP contribution in [0.25, 0.3) is 11.2 Å². The fourth-order valence-electron chi connectivity index (χ4n) is 1.46. The standard InChI is InChI=1S/C9H11BrN10O2/c10-1-3-2-15-5-4(16-3)6(19(13)7(11)21)18-9(17-5)20(14)8(12)22/h2H,1,13-14H2,(H2,11,21)(H2,12,22). The zero-order valence-corrected chi connectivity index (χ0v) is 12.6. The van der Waals surface area contributed by atoms with Gasteiger partial charge in [-0.2, -0.15) is 15.0 Å². The molecule has 0 aliphatic rings. The number of carbonyl (C=O) groups excluding carboxylic acids is 2. The van der Waals surface area contributed by atoms with Gasteiger partial charge < -0.3 is 11.5 Å². The van der Waals surface area contributed by atoms with Crippen LogP contribution in [0.1, 0.15) is 5.69 Å². The van der Waals surface area contributed by atoms with E-state index in [0.717, 1.165) is 0 Å². The summed E-state index contributed by atoms with van der Waals surface area (Å²) >= 11 is 3.22. The normalized spacial score (nSPS) is 10.5. The molecule has 0 fully saturated rings. The number of urea groups is 2. The molecule has 116 valence electrons. The predicted molar refractivity (Wildman–Crippen MR) is 80.3 cm³/mol. The second-order valence-electron chi connectivity index (χ2n) is 3.93. The van der Waals surface area contributed by atoms with Crippen molar-refractivity contribution in [3.63, 3.8) is 0 Å². The van der Waals surface area contributed by atoms with Gasteiger partial charge in [0.2, 0.25) is 0 Å². The lowest BCUT2D eigenvalue weighted by atomic mass is 10.4. The minimum Gasteiger partial charge on any atom is -0.350 e. The number of amides is 4. The van der Waals surface area contributed by atoms with Crippen LogP contribution in [0.3, 0.4) is 0 Å². The summed E-state index contributed by atoms with van der Waals surface area (Å²) < 4.78 is 0. The van der Waals surface area contributed by atoms with Crippen LogP contribution in [0.15, 0.2) is 6.20 Å². The Balaban J connectivity index is 2.74. The summed E-state index contributed by atoms with van der Waals surface area (Å²) in [5.74, 6) is 10.5. The Morgan fingerprint density at radius 1 is 1.09 bits per heavy atom. The van der Waals surface area contributed by atoms with Crippen molar-refractivity contribution >= 4 is 50.9 Å². The van der Waals surface area contributed by atoms with E-state index in [4.69, 9.17) is 23.2 Å². The Labute approximate surface area is 131 Å². The molecule has 2 heterocycles. The van der Waals surface area contributed by atoms with Gasteiger partial charge in [0.25, 0.3) is 5.95 Å². The molecule has 0 radical (unpaired) electrons. The van der Waals surface area contributed by atoms with Crippen molar-refractivity contribution in [2.24, 2.45) is 23.2 Å². The van der Waals surface area contributed by atoms with E-state index in [0.29, 0.717) is 21.0 Å². The van der Waals surface area contributed by atoms with Crippen molar-refractivity contribution in [2.45, 2.75) is 5.33 Å². The predicted octanol–water partition coefficient (Wildman–Crippen LogP) is -1.17. The highest BCUT2D eigenvalue weighted by molar-refractivity contribution is 9.08. The first kappa shape index (κ1) is 15.7. The molecule has 22 heavy (non-hydrogen) atoms. The highest BCUT2D eigenvalue weighted by atomic mass is 79.9. The fourth-order valence-corrected chi connectivity index (χ4v) is 1.73. The van der Waals surface area contributed by atoms with Crippen LogP contribution in [-0.2, 0) is 5.33 Å². The van der Waals surface area contributed by atoms with Crippen molar-refractivity contribution in [1.82, 2.24) is 19.9 Å². The van der Waals surface area contributed by atoms with Crippen molar-refractivity contribution in [3.8, 4) is 0 Å². The second-order valence-corrected chi connectivity index (χ2v) is 4.49. The number of alkyl halides is 1. The molecular formula is C9H11BrN10O2. The van der Waals surface area contributed by atoms with E-state index >= 15 is 0 Å². The molecule has 2 aromatic rings. The average molecular weight is 371 g/mol. The Bertz CT molecular complexity index is 752. The van der Waals surface area contributed by atoms with E-state index in [9.17, 15) is 9.59 Å². The summed E-state index contributed by atoms with van der Waals surface area (Å²) in [5, 5.41) is 1.41. The largest absolute Gasteiger partial charge is 0.350 e. The summed E-state index contributed by atoms with van der Waals surface area (Å²) in [6, 6.07) is -2.02. The van der Waals surface area contributed by atoms with Crippen molar-refractivity contribution in [1.29, 1.82) is 0 Å². The van der Waals surface area contributed by atoms with Crippen molar-refractivity contribution < 1.29 is 9.59 Å². The Morgan fingerprint density at radius 2 is 1.73 bits per heavy atom. The number of nitrogens with zero attached hydrogens (tertiary/aromatic N) is 6. The quantitative estimate of drug-likeness (QED) is 0.224. The third kappa shape index (κ3) is 2.85. The summed E-state index contributed by atoms with van der Waals surface area (Å²) in [5.41, 5.74) is 10.9. The van der Waals surface area contributed by atoms with Crippen LogP contribution in [0.4, 0.5) is 21.4 Å². The molecule has 0 saturated carbocycles. The number of hydrogen-bond acceptors (Lipinski definition) is 8. The summed E-state index contributed by atoms with van der Waals surface area (Å²) in [7, 11) is 0. The number of anilines is 2. The third-order valence-electron chi connectivity index (χ3n) is 2.48. The first-order chi connectivity index (χ1) is 10.3. The lowest BCUT2D eigenvalue weighted by Gasteiger charge is -2.17. The highest BCUT2D eigenvalue weighted by Gasteiger charge is 2.21. The topological polar surface area (TPSA) is 196 Å².